The number of Topliss-reactive ketones (excluding diaryl/α,β-unsaturated/α-hetero) is 1. The second kappa shape index (κ2) is 10.1. The minimum absolute atomic E-state index is 0.244. The molecule has 0 aliphatic heterocycles. The number of thiophene rings is 1. The highest BCUT2D eigenvalue weighted by atomic mass is 35.5. The molecule has 0 saturated carbocycles. The molecular weight excluding hydrogens is 500 g/mol. The number of nitrogens with zero attached hydrogens (tertiary/aromatic N) is 3. The lowest BCUT2D eigenvalue weighted by Gasteiger charge is -2.18. The summed E-state index contributed by atoms with van der Waals surface area (Å²) in [6.45, 7) is 5.49. The molecule has 0 unspecified atom stereocenters. The Bertz CT molecular complexity index is 1480. The number of hydrogen-bond acceptors (Lipinski definition) is 7. The fourth-order valence-electron chi connectivity index (χ4n) is 3.49. The zero-order chi connectivity index (χ0) is 26.0. The van der Waals surface area contributed by atoms with Gasteiger partial charge in [-0.05, 0) is 12.1 Å². The molecule has 2 N–H and O–H groups in total. The zero-order valence-electron chi connectivity index (χ0n) is 20.0. The Morgan fingerprint density at radius 1 is 1.08 bits per heavy atom. The number of anilines is 1. The first-order chi connectivity index (χ1) is 17.0. The predicted octanol–water partition coefficient (Wildman–Crippen LogP) is 5.31. The highest BCUT2D eigenvalue weighted by Gasteiger charge is 2.27. The predicted molar refractivity (Wildman–Crippen MR) is 141 cm³/mol. The monoisotopic (exact) mass is 524 g/mol. The number of carbonyl (C=O) groups excluding carboxylic acids is 2. The first kappa shape index (κ1) is 25.4. The van der Waals surface area contributed by atoms with Gasteiger partial charge in [0.2, 0.25) is 0 Å². The number of aromatic hydroxyl groups is 1. The third-order valence-electron chi connectivity index (χ3n) is 5.42. The van der Waals surface area contributed by atoms with Crippen molar-refractivity contribution in [2.75, 3.05) is 5.32 Å². The van der Waals surface area contributed by atoms with Crippen molar-refractivity contribution in [1.82, 2.24) is 14.3 Å². The van der Waals surface area contributed by atoms with Gasteiger partial charge in [0.05, 0.1) is 23.1 Å². The van der Waals surface area contributed by atoms with Crippen LogP contribution in [-0.2, 0) is 13.1 Å². The van der Waals surface area contributed by atoms with Crippen LogP contribution in [0.15, 0.2) is 65.5 Å². The number of rotatable bonds is 7. The SMILES string of the molecule is CC(C)(C)C(=O)n1nc(-c2cc(O)n(CC(=O)c3ccccc3)c(=O)c2)cc1NCc1ccc(Cl)s1. The minimum atomic E-state index is -0.713. The van der Waals surface area contributed by atoms with Gasteiger partial charge in [0.1, 0.15) is 5.82 Å². The summed E-state index contributed by atoms with van der Waals surface area (Å²) in [5.41, 5.74) is -0.185. The lowest BCUT2D eigenvalue weighted by atomic mass is 9.96. The molecule has 0 spiro atoms. The Morgan fingerprint density at radius 2 is 1.81 bits per heavy atom. The van der Waals surface area contributed by atoms with E-state index in [0.29, 0.717) is 33.5 Å². The summed E-state index contributed by atoms with van der Waals surface area (Å²) < 4.78 is 2.93. The van der Waals surface area contributed by atoms with E-state index in [9.17, 15) is 19.5 Å². The van der Waals surface area contributed by atoms with E-state index >= 15 is 0 Å². The van der Waals surface area contributed by atoms with Gasteiger partial charge in [-0.2, -0.15) is 9.78 Å². The molecule has 8 nitrogen and oxygen atoms in total. The normalized spacial score (nSPS) is 11.4. The Morgan fingerprint density at radius 3 is 2.42 bits per heavy atom. The minimum Gasteiger partial charge on any atom is -0.494 e. The van der Waals surface area contributed by atoms with E-state index in [2.05, 4.69) is 10.4 Å². The van der Waals surface area contributed by atoms with Gasteiger partial charge in [-0.15, -0.1) is 11.3 Å². The summed E-state index contributed by atoms with van der Waals surface area (Å²) >= 11 is 7.44. The molecule has 186 valence electrons. The maximum Gasteiger partial charge on any atom is 0.254 e. The molecule has 1 aromatic carbocycles. The first-order valence-corrected chi connectivity index (χ1v) is 12.4. The number of hydrogen-bond donors (Lipinski definition) is 2. The van der Waals surface area contributed by atoms with Gasteiger partial charge < -0.3 is 10.4 Å². The fourth-order valence-corrected chi connectivity index (χ4v) is 4.52. The number of aromatic nitrogens is 3. The smallest absolute Gasteiger partial charge is 0.254 e. The summed E-state index contributed by atoms with van der Waals surface area (Å²) in [5, 5.41) is 18.2. The van der Waals surface area contributed by atoms with Crippen molar-refractivity contribution < 1.29 is 14.7 Å². The summed E-state index contributed by atoms with van der Waals surface area (Å²) in [4.78, 5) is 39.4. The first-order valence-electron chi connectivity index (χ1n) is 11.2. The molecule has 0 saturated heterocycles. The van der Waals surface area contributed by atoms with E-state index < -0.39 is 11.0 Å². The van der Waals surface area contributed by atoms with Gasteiger partial charge in [-0.1, -0.05) is 62.7 Å². The van der Waals surface area contributed by atoms with Crippen molar-refractivity contribution in [3.8, 4) is 17.1 Å². The van der Waals surface area contributed by atoms with Crippen molar-refractivity contribution in [2.24, 2.45) is 5.41 Å². The van der Waals surface area contributed by atoms with Crippen LogP contribution >= 0.6 is 22.9 Å². The third kappa shape index (κ3) is 5.58. The Balaban J connectivity index is 1.66. The van der Waals surface area contributed by atoms with E-state index in [1.807, 2.05) is 6.07 Å². The molecule has 0 aliphatic carbocycles. The molecule has 3 aromatic heterocycles. The van der Waals surface area contributed by atoms with Crippen LogP contribution in [0, 0.1) is 5.41 Å². The summed E-state index contributed by atoms with van der Waals surface area (Å²) in [6.07, 6.45) is 0. The van der Waals surface area contributed by atoms with Gasteiger partial charge in [0, 0.05) is 39.6 Å². The summed E-state index contributed by atoms with van der Waals surface area (Å²) in [5.74, 6) is -0.481. The Labute approximate surface area is 216 Å². The van der Waals surface area contributed by atoms with E-state index in [4.69, 9.17) is 11.6 Å². The second-order valence-corrected chi connectivity index (χ2v) is 11.1. The van der Waals surface area contributed by atoms with Crippen LogP contribution in [0.25, 0.3) is 11.3 Å². The van der Waals surface area contributed by atoms with Crippen LogP contribution in [0.2, 0.25) is 4.34 Å². The number of carbonyl (C=O) groups is 2. The summed E-state index contributed by atoms with van der Waals surface area (Å²) in [7, 11) is 0. The summed E-state index contributed by atoms with van der Waals surface area (Å²) in [6, 6.07) is 16.5. The molecule has 4 rings (SSSR count). The van der Waals surface area contributed by atoms with Crippen molar-refractivity contribution in [2.45, 2.75) is 33.9 Å². The molecule has 0 amide bonds. The van der Waals surface area contributed by atoms with Gasteiger partial charge in [-0.25, -0.2) is 0 Å². The Kier molecular flexibility index (Phi) is 7.14. The van der Waals surface area contributed by atoms with E-state index in [-0.39, 0.29) is 24.1 Å². The van der Waals surface area contributed by atoms with Crippen LogP contribution in [0.5, 0.6) is 5.88 Å². The second-order valence-electron chi connectivity index (χ2n) is 9.26. The highest BCUT2D eigenvalue weighted by molar-refractivity contribution is 7.16. The molecule has 0 atom stereocenters. The molecular formula is C26H25ClN4O4S. The zero-order valence-corrected chi connectivity index (χ0v) is 21.6. The van der Waals surface area contributed by atoms with E-state index in [1.165, 1.54) is 28.2 Å². The average molecular weight is 525 g/mol. The van der Waals surface area contributed by atoms with Crippen molar-refractivity contribution in [3.63, 3.8) is 0 Å². The van der Waals surface area contributed by atoms with Gasteiger partial charge in [0.25, 0.3) is 11.5 Å². The number of nitrogens with one attached hydrogen (secondary N) is 1. The average Bonchev–Trinajstić information content (AvgIpc) is 3.45. The van der Waals surface area contributed by atoms with Gasteiger partial charge in [-0.3, -0.25) is 19.0 Å². The number of halogens is 1. The lowest BCUT2D eigenvalue weighted by molar-refractivity contribution is 0.0752. The van der Waals surface area contributed by atoms with Crippen LogP contribution in [0.4, 0.5) is 5.82 Å². The maximum absolute atomic E-state index is 13.1. The van der Waals surface area contributed by atoms with E-state index in [0.717, 1.165) is 9.44 Å². The molecule has 0 fully saturated rings. The topological polar surface area (TPSA) is 106 Å². The third-order valence-corrected chi connectivity index (χ3v) is 6.65. The molecule has 36 heavy (non-hydrogen) atoms. The maximum atomic E-state index is 13.1. The van der Waals surface area contributed by atoms with Crippen molar-refractivity contribution in [3.05, 3.63) is 85.8 Å². The van der Waals surface area contributed by atoms with Gasteiger partial charge in [0.15, 0.2) is 11.7 Å². The molecule has 0 radical (unpaired) electrons. The number of ketones is 1. The molecule has 4 aromatic rings. The highest BCUT2D eigenvalue weighted by Crippen LogP contribution is 2.28. The Hall–Kier alpha value is -3.69. The number of benzene rings is 1. The van der Waals surface area contributed by atoms with Crippen LogP contribution < -0.4 is 10.9 Å². The van der Waals surface area contributed by atoms with Crippen LogP contribution in [-0.4, -0.2) is 31.1 Å². The molecule has 0 aliphatic rings. The molecule has 10 heteroatoms. The van der Waals surface area contributed by atoms with Crippen LogP contribution in [0.1, 0.15) is 40.8 Å². The van der Waals surface area contributed by atoms with Crippen molar-refractivity contribution >= 4 is 40.4 Å². The fraction of sp³-hybridized carbons (Fsp3) is 0.231. The molecule has 3 heterocycles. The molecule has 0 bridgehead atoms. The lowest BCUT2D eigenvalue weighted by Crippen LogP contribution is -2.28. The van der Waals surface area contributed by atoms with E-state index in [1.54, 1.807) is 63.2 Å². The standard InChI is InChI=1S/C26H25ClN4O4S/c1-26(2,3)25(35)31-22(28-14-18-9-10-21(27)36-18)13-19(29-31)17-11-23(33)30(24(34)12-17)15-20(32)16-7-5-4-6-8-16/h4-13,28,33H,14-15H2,1-3H3. The largest absolute Gasteiger partial charge is 0.494 e. The van der Waals surface area contributed by atoms with Gasteiger partial charge >= 0.3 is 0 Å². The van der Waals surface area contributed by atoms with Crippen LogP contribution in [0.3, 0.4) is 0 Å². The van der Waals surface area contributed by atoms with Crippen molar-refractivity contribution in [1.29, 1.82) is 0 Å². The quantitative estimate of drug-likeness (QED) is 0.317. The number of pyridine rings is 1.